The number of aromatic nitrogens is 3. The predicted octanol–water partition coefficient (Wildman–Crippen LogP) is 2.97. The molecule has 0 saturated carbocycles. The molecule has 2 aromatic carbocycles. The summed E-state index contributed by atoms with van der Waals surface area (Å²) in [5.74, 6) is -0.632. The Labute approximate surface area is 166 Å². The zero-order valence-corrected chi connectivity index (χ0v) is 15.7. The highest BCUT2D eigenvalue weighted by Gasteiger charge is 2.35. The number of amides is 2. The summed E-state index contributed by atoms with van der Waals surface area (Å²) in [6, 6.07) is 14.6. The van der Waals surface area contributed by atoms with E-state index >= 15 is 0 Å². The molecule has 1 aliphatic rings. The topological polar surface area (TPSA) is 80.1 Å². The molecule has 2 amide bonds. The molecule has 0 radical (unpaired) electrons. The number of carbonyl (C=O) groups excluding carboxylic acids is 2. The highest BCUT2D eigenvalue weighted by Crippen LogP contribution is 2.27. The summed E-state index contributed by atoms with van der Waals surface area (Å²) in [6.07, 6.45) is 3.31. The van der Waals surface area contributed by atoms with E-state index in [9.17, 15) is 9.59 Å². The van der Waals surface area contributed by atoms with Crippen LogP contribution in [0, 0.1) is 5.92 Å². The number of carbonyl (C=O) groups is 2. The van der Waals surface area contributed by atoms with Gasteiger partial charge in [-0.05, 0) is 42.0 Å². The lowest BCUT2D eigenvalue weighted by atomic mass is 10.1. The van der Waals surface area contributed by atoms with Gasteiger partial charge in [-0.15, -0.1) is 0 Å². The number of nitrogens with zero attached hydrogens (tertiary/aromatic N) is 4. The van der Waals surface area contributed by atoms with Crippen molar-refractivity contribution >= 4 is 34.8 Å². The Balaban J connectivity index is 1.41. The van der Waals surface area contributed by atoms with Gasteiger partial charge in [0.25, 0.3) is 0 Å². The summed E-state index contributed by atoms with van der Waals surface area (Å²) in [6.45, 7) is 0.918. The monoisotopic (exact) mass is 395 g/mol. The van der Waals surface area contributed by atoms with Crippen molar-refractivity contribution in [2.75, 3.05) is 16.8 Å². The fourth-order valence-corrected chi connectivity index (χ4v) is 3.37. The molecule has 1 unspecified atom stereocenters. The molecule has 7 nitrogen and oxygen atoms in total. The summed E-state index contributed by atoms with van der Waals surface area (Å²) < 4.78 is 1.71. The second kappa shape index (κ2) is 7.82. The summed E-state index contributed by atoms with van der Waals surface area (Å²) in [5, 5.41) is 7.61. The molecule has 3 aromatic rings. The molecule has 2 heterocycles. The molecule has 1 N–H and O–H groups in total. The van der Waals surface area contributed by atoms with Gasteiger partial charge in [0.05, 0.1) is 12.5 Å². The van der Waals surface area contributed by atoms with E-state index in [-0.39, 0.29) is 18.2 Å². The Morgan fingerprint density at radius 3 is 2.79 bits per heavy atom. The van der Waals surface area contributed by atoms with Crippen molar-refractivity contribution in [3.63, 3.8) is 0 Å². The molecule has 1 aromatic heterocycles. The maximum absolute atomic E-state index is 12.7. The fraction of sp³-hybridized carbons (Fsp3) is 0.200. The molecule has 4 rings (SSSR count). The number of rotatable bonds is 5. The molecule has 8 heteroatoms. The highest BCUT2D eigenvalue weighted by atomic mass is 35.5. The Kier molecular flexibility index (Phi) is 5.08. The second-order valence-corrected chi connectivity index (χ2v) is 7.10. The predicted molar refractivity (Wildman–Crippen MR) is 106 cm³/mol. The SMILES string of the molecule is O=C(Nc1cccc(Cn2cncn2)c1)C1CC(=O)N(c2ccc(Cl)cc2)C1. The number of hydrogen-bond donors (Lipinski definition) is 1. The van der Waals surface area contributed by atoms with Gasteiger partial charge in [0.1, 0.15) is 12.7 Å². The smallest absolute Gasteiger partial charge is 0.229 e. The number of hydrogen-bond acceptors (Lipinski definition) is 4. The Morgan fingerprint density at radius 2 is 2.04 bits per heavy atom. The van der Waals surface area contributed by atoms with E-state index in [4.69, 9.17) is 11.6 Å². The van der Waals surface area contributed by atoms with E-state index in [2.05, 4.69) is 15.4 Å². The van der Waals surface area contributed by atoms with E-state index in [1.807, 2.05) is 24.3 Å². The highest BCUT2D eigenvalue weighted by molar-refractivity contribution is 6.30. The van der Waals surface area contributed by atoms with E-state index in [0.29, 0.717) is 23.8 Å². The molecule has 0 bridgehead atoms. The van der Waals surface area contributed by atoms with Crippen LogP contribution in [-0.4, -0.2) is 33.1 Å². The largest absolute Gasteiger partial charge is 0.326 e. The third-order valence-electron chi connectivity index (χ3n) is 4.64. The van der Waals surface area contributed by atoms with Crippen LogP contribution in [0.2, 0.25) is 5.02 Å². The fourth-order valence-electron chi connectivity index (χ4n) is 3.25. The Bertz CT molecular complexity index is 988. The quantitative estimate of drug-likeness (QED) is 0.720. The lowest BCUT2D eigenvalue weighted by Crippen LogP contribution is -2.28. The summed E-state index contributed by atoms with van der Waals surface area (Å²) in [4.78, 5) is 30.6. The molecular formula is C20H18ClN5O2. The third kappa shape index (κ3) is 4.04. The van der Waals surface area contributed by atoms with Gasteiger partial charge in [0.2, 0.25) is 11.8 Å². The first-order valence-electron chi connectivity index (χ1n) is 8.86. The van der Waals surface area contributed by atoms with Crippen molar-refractivity contribution in [1.29, 1.82) is 0 Å². The molecule has 0 aliphatic carbocycles. The van der Waals surface area contributed by atoms with Gasteiger partial charge in [-0.3, -0.25) is 9.59 Å². The summed E-state index contributed by atoms with van der Waals surface area (Å²) >= 11 is 5.90. The first-order chi connectivity index (χ1) is 13.6. The molecule has 1 aliphatic heterocycles. The van der Waals surface area contributed by atoms with Crippen LogP contribution >= 0.6 is 11.6 Å². The van der Waals surface area contributed by atoms with Gasteiger partial charge in [0, 0.05) is 29.4 Å². The number of anilines is 2. The van der Waals surface area contributed by atoms with E-state index in [1.165, 1.54) is 6.33 Å². The average Bonchev–Trinajstić information content (AvgIpc) is 3.32. The van der Waals surface area contributed by atoms with Crippen LogP contribution in [0.3, 0.4) is 0 Å². The second-order valence-electron chi connectivity index (χ2n) is 6.66. The van der Waals surface area contributed by atoms with Crippen molar-refractivity contribution in [3.8, 4) is 0 Å². The molecule has 0 spiro atoms. The standard InChI is InChI=1S/C20H18ClN5O2/c21-16-4-6-18(7-5-16)26-11-15(9-19(26)27)20(28)24-17-3-1-2-14(8-17)10-25-13-22-12-23-25/h1-8,12-13,15H,9-11H2,(H,24,28). The molecular weight excluding hydrogens is 378 g/mol. The molecule has 1 fully saturated rings. The Morgan fingerprint density at radius 1 is 1.21 bits per heavy atom. The minimum absolute atomic E-state index is 0.0672. The van der Waals surface area contributed by atoms with Crippen molar-refractivity contribution in [1.82, 2.24) is 14.8 Å². The van der Waals surface area contributed by atoms with Gasteiger partial charge in [0.15, 0.2) is 0 Å². The van der Waals surface area contributed by atoms with E-state index in [0.717, 1.165) is 11.3 Å². The van der Waals surface area contributed by atoms with Crippen LogP contribution < -0.4 is 10.2 Å². The number of halogens is 1. The van der Waals surface area contributed by atoms with Crippen molar-refractivity contribution in [2.45, 2.75) is 13.0 Å². The van der Waals surface area contributed by atoms with Gasteiger partial charge >= 0.3 is 0 Å². The van der Waals surface area contributed by atoms with Crippen LogP contribution in [0.4, 0.5) is 11.4 Å². The summed E-state index contributed by atoms with van der Waals surface area (Å²) in [5.41, 5.74) is 2.44. The van der Waals surface area contributed by atoms with Gasteiger partial charge < -0.3 is 10.2 Å². The van der Waals surface area contributed by atoms with Crippen LogP contribution in [-0.2, 0) is 16.1 Å². The van der Waals surface area contributed by atoms with Crippen molar-refractivity contribution < 1.29 is 9.59 Å². The normalized spacial score (nSPS) is 16.4. The zero-order valence-electron chi connectivity index (χ0n) is 15.0. The van der Waals surface area contributed by atoms with Gasteiger partial charge in [-0.2, -0.15) is 5.10 Å². The lowest BCUT2D eigenvalue weighted by molar-refractivity contribution is -0.122. The van der Waals surface area contributed by atoms with Crippen LogP contribution in [0.1, 0.15) is 12.0 Å². The average molecular weight is 396 g/mol. The zero-order chi connectivity index (χ0) is 19.5. The van der Waals surface area contributed by atoms with Gasteiger partial charge in [-0.25, -0.2) is 9.67 Å². The maximum Gasteiger partial charge on any atom is 0.229 e. The van der Waals surface area contributed by atoms with Crippen LogP contribution in [0.25, 0.3) is 0 Å². The minimum Gasteiger partial charge on any atom is -0.326 e. The molecule has 142 valence electrons. The van der Waals surface area contributed by atoms with Crippen LogP contribution in [0.5, 0.6) is 0 Å². The summed E-state index contributed by atoms with van der Waals surface area (Å²) in [7, 11) is 0. The molecule has 28 heavy (non-hydrogen) atoms. The minimum atomic E-state index is -0.401. The Hall–Kier alpha value is -3.19. The molecule has 1 saturated heterocycles. The first-order valence-corrected chi connectivity index (χ1v) is 9.24. The maximum atomic E-state index is 12.7. The van der Waals surface area contributed by atoms with E-state index < -0.39 is 5.92 Å². The number of nitrogens with one attached hydrogen (secondary N) is 1. The van der Waals surface area contributed by atoms with Gasteiger partial charge in [-0.1, -0.05) is 23.7 Å². The third-order valence-corrected chi connectivity index (χ3v) is 4.89. The van der Waals surface area contributed by atoms with Crippen LogP contribution in [0.15, 0.2) is 61.2 Å². The van der Waals surface area contributed by atoms with E-state index in [1.54, 1.807) is 40.2 Å². The van der Waals surface area contributed by atoms with Crippen molar-refractivity contribution in [2.24, 2.45) is 5.92 Å². The first kappa shape index (κ1) is 18.2. The molecule has 1 atom stereocenters. The number of benzene rings is 2. The lowest BCUT2D eigenvalue weighted by Gasteiger charge is -2.17. The van der Waals surface area contributed by atoms with Crippen molar-refractivity contribution in [3.05, 3.63) is 71.8 Å².